The maximum Gasteiger partial charge on any atom is 0.303 e. The Morgan fingerprint density at radius 1 is 1.83 bits per heavy atom. The van der Waals surface area contributed by atoms with Crippen LogP contribution in [0.3, 0.4) is 0 Å². The standard InChI is InChI=1S/C3H5O2Si/c4-3(5)1-2-6/h1-2H2,(H,4,5). The number of carboxylic acid groups (broad SMARTS) is 1. The average molecular weight is 101 g/mol. The van der Waals surface area contributed by atoms with Crippen LogP contribution in [0.25, 0.3) is 0 Å². The van der Waals surface area contributed by atoms with Gasteiger partial charge in [0.25, 0.3) is 0 Å². The van der Waals surface area contributed by atoms with E-state index in [1.807, 2.05) is 0 Å². The lowest BCUT2D eigenvalue weighted by atomic mass is 10.5. The summed E-state index contributed by atoms with van der Waals surface area (Å²) in [6, 6.07) is 0.537. The van der Waals surface area contributed by atoms with Crippen molar-refractivity contribution in [1.82, 2.24) is 0 Å². The van der Waals surface area contributed by atoms with Gasteiger partial charge in [-0.2, -0.15) is 0 Å². The molecule has 0 aliphatic carbocycles. The Hall–Kier alpha value is -0.313. The summed E-state index contributed by atoms with van der Waals surface area (Å²) in [7, 11) is 3.01. The summed E-state index contributed by atoms with van der Waals surface area (Å²) in [5.41, 5.74) is 0. The zero-order chi connectivity index (χ0) is 4.99. The van der Waals surface area contributed by atoms with E-state index in [1.165, 1.54) is 0 Å². The van der Waals surface area contributed by atoms with Gasteiger partial charge in [0.1, 0.15) is 0 Å². The van der Waals surface area contributed by atoms with Crippen molar-refractivity contribution < 1.29 is 9.90 Å². The van der Waals surface area contributed by atoms with E-state index in [-0.39, 0.29) is 6.42 Å². The zero-order valence-electron chi connectivity index (χ0n) is 3.27. The minimum atomic E-state index is -0.759. The zero-order valence-corrected chi connectivity index (χ0v) is 4.27. The van der Waals surface area contributed by atoms with Crippen molar-refractivity contribution in [2.75, 3.05) is 0 Å². The number of carboxylic acids is 1. The minimum absolute atomic E-state index is 0.205. The van der Waals surface area contributed by atoms with E-state index < -0.39 is 5.97 Å². The fraction of sp³-hybridized carbons (Fsp3) is 0.667. The summed E-state index contributed by atoms with van der Waals surface area (Å²) in [6.07, 6.45) is 0.205. The molecule has 3 radical (unpaired) electrons. The SMILES string of the molecule is O=C(O)CC[Si]. The van der Waals surface area contributed by atoms with E-state index >= 15 is 0 Å². The second-order valence-corrected chi connectivity index (χ2v) is 1.39. The molecule has 0 spiro atoms. The number of aliphatic carboxylic acids is 1. The highest BCUT2D eigenvalue weighted by Crippen LogP contribution is 1.79. The third-order valence-corrected chi connectivity index (χ3v) is 0.589. The van der Waals surface area contributed by atoms with E-state index in [1.54, 1.807) is 0 Å². The normalized spacial score (nSPS) is 8.17. The van der Waals surface area contributed by atoms with Gasteiger partial charge in [0, 0.05) is 16.7 Å². The topological polar surface area (TPSA) is 37.3 Å². The molecule has 0 fully saturated rings. The minimum Gasteiger partial charge on any atom is -0.481 e. The average Bonchev–Trinajstić information content (AvgIpc) is 1.35. The van der Waals surface area contributed by atoms with Gasteiger partial charge in [-0.05, 0) is 0 Å². The molecule has 0 aromatic heterocycles. The van der Waals surface area contributed by atoms with E-state index in [4.69, 9.17) is 5.11 Å². The van der Waals surface area contributed by atoms with Gasteiger partial charge in [-0.25, -0.2) is 0 Å². The van der Waals surface area contributed by atoms with Crippen LogP contribution >= 0.6 is 0 Å². The molecule has 0 amide bonds. The highest BCUT2D eigenvalue weighted by molar-refractivity contribution is 6.09. The molecule has 0 saturated heterocycles. The van der Waals surface area contributed by atoms with E-state index in [0.717, 1.165) is 0 Å². The molecule has 0 aliphatic rings. The van der Waals surface area contributed by atoms with Crippen LogP contribution < -0.4 is 0 Å². The molecule has 0 aliphatic heterocycles. The maximum absolute atomic E-state index is 9.57. The van der Waals surface area contributed by atoms with Crippen molar-refractivity contribution >= 4 is 16.2 Å². The van der Waals surface area contributed by atoms with Gasteiger partial charge in [-0.15, -0.1) is 0 Å². The van der Waals surface area contributed by atoms with Crippen molar-refractivity contribution in [1.29, 1.82) is 0 Å². The van der Waals surface area contributed by atoms with Crippen LogP contribution in [0.1, 0.15) is 6.42 Å². The Morgan fingerprint density at radius 2 is 2.33 bits per heavy atom. The lowest BCUT2D eigenvalue weighted by Crippen LogP contribution is -1.91. The summed E-state index contributed by atoms with van der Waals surface area (Å²) in [6.45, 7) is 0. The van der Waals surface area contributed by atoms with Gasteiger partial charge in [-0.1, -0.05) is 6.04 Å². The van der Waals surface area contributed by atoms with Crippen LogP contribution in [-0.4, -0.2) is 21.3 Å². The Labute approximate surface area is 39.6 Å². The van der Waals surface area contributed by atoms with Gasteiger partial charge in [0.05, 0.1) is 0 Å². The second-order valence-electron chi connectivity index (χ2n) is 0.894. The predicted molar refractivity (Wildman–Crippen MR) is 22.8 cm³/mol. The molecule has 6 heavy (non-hydrogen) atoms. The Bertz CT molecular complexity index is 52.8. The first kappa shape index (κ1) is 5.69. The third kappa shape index (κ3) is 3.69. The van der Waals surface area contributed by atoms with Gasteiger partial charge in [0.15, 0.2) is 0 Å². The summed E-state index contributed by atoms with van der Waals surface area (Å²) in [5.74, 6) is -0.759. The Kier molecular flexibility index (Phi) is 2.75. The molecule has 3 heteroatoms. The lowest BCUT2D eigenvalue weighted by Gasteiger charge is -1.79. The third-order valence-electron chi connectivity index (χ3n) is 0.339. The highest BCUT2D eigenvalue weighted by Gasteiger charge is 1.87. The molecule has 0 atom stereocenters. The molecular formula is C3H5O2Si. The smallest absolute Gasteiger partial charge is 0.303 e. The molecule has 0 heterocycles. The van der Waals surface area contributed by atoms with Crippen molar-refractivity contribution in [3.8, 4) is 0 Å². The quantitative estimate of drug-likeness (QED) is 0.499. The van der Waals surface area contributed by atoms with Crippen molar-refractivity contribution in [2.24, 2.45) is 0 Å². The molecule has 0 rings (SSSR count). The summed E-state index contributed by atoms with van der Waals surface area (Å²) < 4.78 is 0. The summed E-state index contributed by atoms with van der Waals surface area (Å²) >= 11 is 0. The van der Waals surface area contributed by atoms with Crippen LogP contribution in [0.15, 0.2) is 0 Å². The maximum atomic E-state index is 9.57. The monoisotopic (exact) mass is 101 g/mol. The fourth-order valence-corrected chi connectivity index (χ4v) is 0.321. The van der Waals surface area contributed by atoms with Crippen LogP contribution in [0.5, 0.6) is 0 Å². The number of hydrogen-bond acceptors (Lipinski definition) is 1. The molecule has 1 N–H and O–H groups in total. The first-order chi connectivity index (χ1) is 2.77. The molecule has 0 aromatic rings. The van der Waals surface area contributed by atoms with E-state index in [0.29, 0.717) is 6.04 Å². The molecule has 2 nitrogen and oxygen atoms in total. The molecule has 0 unspecified atom stereocenters. The number of carbonyl (C=O) groups is 1. The fourth-order valence-electron chi connectivity index (χ4n) is 0.107. The van der Waals surface area contributed by atoms with Crippen molar-refractivity contribution in [3.05, 3.63) is 0 Å². The molecule has 0 saturated carbocycles. The van der Waals surface area contributed by atoms with Gasteiger partial charge in [-0.3, -0.25) is 4.79 Å². The second kappa shape index (κ2) is 2.90. The Balaban J connectivity index is 2.83. The van der Waals surface area contributed by atoms with Gasteiger partial charge >= 0.3 is 5.97 Å². The number of rotatable bonds is 2. The van der Waals surface area contributed by atoms with Crippen LogP contribution in [-0.2, 0) is 4.79 Å². The van der Waals surface area contributed by atoms with Gasteiger partial charge < -0.3 is 5.11 Å². The van der Waals surface area contributed by atoms with Crippen LogP contribution in [0.4, 0.5) is 0 Å². The molecule has 0 bridgehead atoms. The van der Waals surface area contributed by atoms with E-state index in [9.17, 15) is 4.79 Å². The summed E-state index contributed by atoms with van der Waals surface area (Å²) in [4.78, 5) is 9.57. The Morgan fingerprint density at radius 3 is 2.33 bits per heavy atom. The number of hydrogen-bond donors (Lipinski definition) is 1. The van der Waals surface area contributed by atoms with Crippen LogP contribution in [0, 0.1) is 0 Å². The van der Waals surface area contributed by atoms with Gasteiger partial charge in [0.2, 0.25) is 0 Å². The van der Waals surface area contributed by atoms with Crippen molar-refractivity contribution in [3.63, 3.8) is 0 Å². The largest absolute Gasteiger partial charge is 0.481 e. The van der Waals surface area contributed by atoms with Crippen molar-refractivity contribution in [2.45, 2.75) is 12.5 Å². The molecule has 33 valence electrons. The highest BCUT2D eigenvalue weighted by atomic mass is 28.1. The van der Waals surface area contributed by atoms with E-state index in [2.05, 4.69) is 10.2 Å². The first-order valence-electron chi connectivity index (χ1n) is 1.63. The summed E-state index contributed by atoms with van der Waals surface area (Å²) in [5, 5.41) is 7.88. The molecular weight excluding hydrogens is 96.1 g/mol. The predicted octanol–water partition coefficient (Wildman–Crippen LogP) is 0.0479. The first-order valence-corrected chi connectivity index (χ1v) is 2.34. The lowest BCUT2D eigenvalue weighted by molar-refractivity contribution is -0.136. The van der Waals surface area contributed by atoms with Crippen LogP contribution in [0.2, 0.25) is 6.04 Å². The molecule has 0 aromatic carbocycles.